The Morgan fingerprint density at radius 1 is 1.38 bits per heavy atom. The lowest BCUT2D eigenvalue weighted by atomic mass is 10.2. The molecule has 0 aliphatic heterocycles. The minimum atomic E-state index is -0.326. The van der Waals surface area contributed by atoms with Crippen LogP contribution < -0.4 is 4.74 Å². The van der Waals surface area contributed by atoms with Gasteiger partial charge in [-0.2, -0.15) is 0 Å². The van der Waals surface area contributed by atoms with Gasteiger partial charge in [-0.1, -0.05) is 31.9 Å². The summed E-state index contributed by atoms with van der Waals surface area (Å²) < 4.78 is 10.1. The van der Waals surface area contributed by atoms with Gasteiger partial charge in [-0.05, 0) is 24.3 Å². The molecule has 0 saturated carbocycles. The van der Waals surface area contributed by atoms with Crippen LogP contribution in [0.1, 0.15) is 10.4 Å². The van der Waals surface area contributed by atoms with Crippen molar-refractivity contribution in [1.82, 2.24) is 0 Å². The third-order valence-corrected chi connectivity index (χ3v) is 4.13. The van der Waals surface area contributed by atoms with Crippen LogP contribution >= 0.6 is 31.9 Å². The van der Waals surface area contributed by atoms with E-state index in [-0.39, 0.29) is 10.8 Å². The Balaban J connectivity index is 2.52. The average molecular weight is 352 g/mol. The van der Waals surface area contributed by atoms with Gasteiger partial charge in [0.15, 0.2) is 0 Å². The second kappa shape index (κ2) is 6.91. The van der Waals surface area contributed by atoms with E-state index in [0.717, 1.165) is 11.1 Å². The lowest BCUT2D eigenvalue weighted by Crippen LogP contribution is -2.14. The summed E-state index contributed by atoms with van der Waals surface area (Å²) in [4.78, 5) is 11.7. The molecule has 1 aromatic rings. The Labute approximate surface area is 111 Å². The highest BCUT2D eigenvalue weighted by molar-refractivity contribution is 9.12. The Kier molecular flexibility index (Phi) is 5.84. The molecule has 0 radical (unpaired) electrons. The quantitative estimate of drug-likeness (QED) is 0.604. The number of alkyl halides is 2. The number of hydrogen-bond donors (Lipinski definition) is 0. The topological polar surface area (TPSA) is 35.5 Å². The number of carbonyl (C=O) groups excluding carboxylic acids is 1. The SMILES string of the molecule is COc1ccc(C(=O)OCC(Br)CBr)cc1. The number of methoxy groups -OCH3 is 1. The number of esters is 1. The van der Waals surface area contributed by atoms with Crippen molar-refractivity contribution in [2.75, 3.05) is 19.0 Å². The van der Waals surface area contributed by atoms with Crippen molar-refractivity contribution in [3.63, 3.8) is 0 Å². The zero-order chi connectivity index (χ0) is 12.0. The van der Waals surface area contributed by atoms with Crippen molar-refractivity contribution in [2.45, 2.75) is 4.83 Å². The second-order valence-corrected chi connectivity index (χ2v) is 5.02. The Bertz CT molecular complexity index is 338. The summed E-state index contributed by atoms with van der Waals surface area (Å²) in [7, 11) is 1.58. The number of carbonyl (C=O) groups is 1. The molecule has 0 fully saturated rings. The number of hydrogen-bond acceptors (Lipinski definition) is 3. The molecule has 0 aliphatic carbocycles. The van der Waals surface area contributed by atoms with Gasteiger partial charge < -0.3 is 9.47 Å². The van der Waals surface area contributed by atoms with Gasteiger partial charge >= 0.3 is 5.97 Å². The van der Waals surface area contributed by atoms with Crippen molar-refractivity contribution < 1.29 is 14.3 Å². The summed E-state index contributed by atoms with van der Waals surface area (Å²) in [5.74, 6) is 0.392. The molecule has 0 spiro atoms. The van der Waals surface area contributed by atoms with E-state index < -0.39 is 0 Å². The smallest absolute Gasteiger partial charge is 0.338 e. The Morgan fingerprint density at radius 3 is 2.50 bits per heavy atom. The molecule has 1 atom stereocenters. The first-order valence-electron chi connectivity index (χ1n) is 4.68. The summed E-state index contributed by atoms with van der Waals surface area (Å²) in [6.45, 7) is 0.343. The molecule has 1 aromatic carbocycles. The van der Waals surface area contributed by atoms with Gasteiger partial charge in [0.25, 0.3) is 0 Å². The zero-order valence-electron chi connectivity index (χ0n) is 8.78. The molecule has 1 rings (SSSR count). The van der Waals surface area contributed by atoms with Crippen LogP contribution in [-0.2, 0) is 4.74 Å². The van der Waals surface area contributed by atoms with Crippen molar-refractivity contribution in [2.24, 2.45) is 0 Å². The highest BCUT2D eigenvalue weighted by Crippen LogP contribution is 2.13. The molecule has 0 amide bonds. The third-order valence-electron chi connectivity index (χ3n) is 1.89. The summed E-state index contributed by atoms with van der Waals surface area (Å²) >= 11 is 6.64. The largest absolute Gasteiger partial charge is 0.497 e. The summed E-state index contributed by atoms with van der Waals surface area (Å²) in [5, 5.41) is 0.739. The lowest BCUT2D eigenvalue weighted by molar-refractivity contribution is 0.0513. The minimum Gasteiger partial charge on any atom is -0.497 e. The molecule has 3 nitrogen and oxygen atoms in total. The molecule has 0 bridgehead atoms. The van der Waals surface area contributed by atoms with E-state index in [1.165, 1.54) is 0 Å². The van der Waals surface area contributed by atoms with E-state index >= 15 is 0 Å². The van der Waals surface area contributed by atoms with Crippen LogP contribution in [0.5, 0.6) is 5.75 Å². The fourth-order valence-electron chi connectivity index (χ4n) is 1.02. The number of benzene rings is 1. The van der Waals surface area contributed by atoms with E-state index in [1.54, 1.807) is 31.4 Å². The average Bonchev–Trinajstić information content (AvgIpc) is 2.35. The Morgan fingerprint density at radius 2 is 2.00 bits per heavy atom. The van der Waals surface area contributed by atoms with Gasteiger partial charge in [0.05, 0.1) is 17.5 Å². The van der Waals surface area contributed by atoms with E-state index in [0.29, 0.717) is 12.2 Å². The normalized spacial score (nSPS) is 11.9. The van der Waals surface area contributed by atoms with Crippen LogP contribution in [0.4, 0.5) is 0 Å². The molecule has 1 unspecified atom stereocenters. The van der Waals surface area contributed by atoms with Gasteiger partial charge in [-0.25, -0.2) is 4.79 Å². The summed E-state index contributed by atoms with van der Waals surface area (Å²) in [5.41, 5.74) is 0.523. The maximum Gasteiger partial charge on any atom is 0.338 e. The second-order valence-electron chi connectivity index (χ2n) is 3.08. The summed E-state index contributed by atoms with van der Waals surface area (Å²) in [6.07, 6.45) is 0. The van der Waals surface area contributed by atoms with Crippen molar-refractivity contribution >= 4 is 37.8 Å². The number of halogens is 2. The van der Waals surface area contributed by atoms with Gasteiger partial charge in [0.1, 0.15) is 12.4 Å². The van der Waals surface area contributed by atoms with Crippen LogP contribution in [0.3, 0.4) is 0 Å². The maximum atomic E-state index is 11.6. The molecule has 5 heteroatoms. The zero-order valence-corrected chi connectivity index (χ0v) is 12.0. The van der Waals surface area contributed by atoms with Crippen molar-refractivity contribution in [3.8, 4) is 5.75 Å². The summed E-state index contributed by atoms with van der Waals surface area (Å²) in [6, 6.07) is 6.82. The van der Waals surface area contributed by atoms with Gasteiger partial charge in [-0.15, -0.1) is 0 Å². The van der Waals surface area contributed by atoms with Crippen molar-refractivity contribution in [1.29, 1.82) is 0 Å². The van der Waals surface area contributed by atoms with Crippen LogP contribution in [0.2, 0.25) is 0 Å². The van der Waals surface area contributed by atoms with Gasteiger partial charge in [0, 0.05) is 5.33 Å². The van der Waals surface area contributed by atoms with Crippen LogP contribution in [-0.4, -0.2) is 29.8 Å². The van der Waals surface area contributed by atoms with E-state index in [1.807, 2.05) is 0 Å². The van der Waals surface area contributed by atoms with Crippen molar-refractivity contribution in [3.05, 3.63) is 29.8 Å². The van der Waals surface area contributed by atoms with E-state index in [2.05, 4.69) is 31.9 Å². The first-order valence-corrected chi connectivity index (χ1v) is 6.72. The van der Waals surface area contributed by atoms with Gasteiger partial charge in [-0.3, -0.25) is 0 Å². The molecule has 0 aromatic heterocycles. The highest BCUT2D eigenvalue weighted by Gasteiger charge is 2.09. The standard InChI is InChI=1S/C11H12Br2O3/c1-15-10-4-2-8(3-5-10)11(14)16-7-9(13)6-12/h2-5,9H,6-7H2,1H3. The molecule has 0 heterocycles. The first-order chi connectivity index (χ1) is 7.67. The molecule has 88 valence electrons. The Hall–Kier alpha value is -0.550. The first kappa shape index (κ1) is 13.5. The monoisotopic (exact) mass is 350 g/mol. The molecule has 0 aliphatic rings. The maximum absolute atomic E-state index is 11.6. The van der Waals surface area contributed by atoms with Gasteiger partial charge in [0.2, 0.25) is 0 Å². The number of rotatable bonds is 5. The third kappa shape index (κ3) is 4.14. The molecule has 0 saturated heterocycles. The molecule has 0 N–H and O–H groups in total. The number of ether oxygens (including phenoxy) is 2. The fraction of sp³-hybridized carbons (Fsp3) is 0.364. The van der Waals surface area contributed by atoms with Crippen LogP contribution in [0.15, 0.2) is 24.3 Å². The van der Waals surface area contributed by atoms with E-state index in [9.17, 15) is 4.79 Å². The molecule has 16 heavy (non-hydrogen) atoms. The molecular formula is C11H12Br2O3. The van der Waals surface area contributed by atoms with Crippen LogP contribution in [0, 0.1) is 0 Å². The molecular weight excluding hydrogens is 340 g/mol. The highest BCUT2D eigenvalue weighted by atomic mass is 79.9. The predicted molar refractivity (Wildman–Crippen MR) is 69.8 cm³/mol. The minimum absolute atomic E-state index is 0.134. The fourth-order valence-corrected chi connectivity index (χ4v) is 1.34. The lowest BCUT2D eigenvalue weighted by Gasteiger charge is -2.08. The van der Waals surface area contributed by atoms with Crippen LogP contribution in [0.25, 0.3) is 0 Å². The predicted octanol–water partition coefficient (Wildman–Crippen LogP) is 3.01. The van der Waals surface area contributed by atoms with E-state index in [4.69, 9.17) is 9.47 Å².